The second-order valence-electron chi connectivity index (χ2n) is 3.44. The van der Waals surface area contributed by atoms with Gasteiger partial charge in [0.2, 0.25) is 5.91 Å². The molecule has 2 N–H and O–H groups in total. The van der Waals surface area contributed by atoms with Gasteiger partial charge in [-0.3, -0.25) is 4.79 Å². The minimum absolute atomic E-state index is 0.0513. The van der Waals surface area contributed by atoms with Gasteiger partial charge in [-0.25, -0.2) is 9.67 Å². The third kappa shape index (κ3) is 4.92. The number of carbonyl (C=O) groups excluding carboxylic acids is 1. The molecule has 0 bridgehead atoms. The van der Waals surface area contributed by atoms with Crippen LogP contribution in [0.25, 0.3) is 0 Å². The first-order chi connectivity index (χ1) is 8.27. The number of rotatable bonds is 8. The molecule has 1 heterocycles. The zero-order chi connectivity index (χ0) is 12.5. The van der Waals surface area contributed by atoms with Crippen LogP contribution in [0.4, 0.5) is 0 Å². The van der Waals surface area contributed by atoms with Gasteiger partial charge >= 0.3 is 0 Å². The Morgan fingerprint density at radius 2 is 2.41 bits per heavy atom. The van der Waals surface area contributed by atoms with Crippen molar-refractivity contribution in [3.63, 3.8) is 0 Å². The normalized spacial score (nSPS) is 10.5. The summed E-state index contributed by atoms with van der Waals surface area (Å²) in [5, 5.41) is 9.78. The van der Waals surface area contributed by atoms with Crippen molar-refractivity contribution in [2.75, 3.05) is 26.8 Å². The highest BCUT2D eigenvalue weighted by Crippen LogP contribution is 1.92. The molecule has 96 valence electrons. The Balaban J connectivity index is 2.17. The average molecular weight is 241 g/mol. The lowest BCUT2D eigenvalue weighted by Crippen LogP contribution is -2.35. The summed E-state index contributed by atoms with van der Waals surface area (Å²) in [5.41, 5.74) is 0. The van der Waals surface area contributed by atoms with Gasteiger partial charge in [0.25, 0.3) is 0 Å². The smallest absolute Gasteiger partial charge is 0.234 e. The van der Waals surface area contributed by atoms with Crippen LogP contribution in [0, 0.1) is 0 Å². The SMILES string of the molecule is CCn1ncnc1CNCC(=O)NCCOC. The average Bonchev–Trinajstić information content (AvgIpc) is 2.77. The largest absolute Gasteiger partial charge is 0.383 e. The maximum Gasteiger partial charge on any atom is 0.234 e. The van der Waals surface area contributed by atoms with Crippen LogP contribution in [0.3, 0.4) is 0 Å². The molecule has 17 heavy (non-hydrogen) atoms. The summed E-state index contributed by atoms with van der Waals surface area (Å²) < 4.78 is 6.62. The molecule has 0 aliphatic carbocycles. The lowest BCUT2D eigenvalue weighted by Gasteiger charge is -2.06. The van der Waals surface area contributed by atoms with Crippen molar-refractivity contribution in [1.29, 1.82) is 0 Å². The number of hydrogen-bond donors (Lipinski definition) is 2. The van der Waals surface area contributed by atoms with Gasteiger partial charge in [-0.05, 0) is 6.92 Å². The number of aromatic nitrogens is 3. The first-order valence-electron chi connectivity index (χ1n) is 5.61. The second-order valence-corrected chi connectivity index (χ2v) is 3.44. The quantitative estimate of drug-likeness (QED) is 0.579. The van der Waals surface area contributed by atoms with Crippen LogP contribution in [0.15, 0.2) is 6.33 Å². The molecule has 0 atom stereocenters. The van der Waals surface area contributed by atoms with E-state index in [0.29, 0.717) is 19.7 Å². The monoisotopic (exact) mass is 241 g/mol. The standard InChI is InChI=1S/C10H19N5O2/c1-3-15-9(13-8-14-15)6-11-7-10(16)12-4-5-17-2/h8,11H,3-7H2,1-2H3,(H,12,16). The molecule has 0 unspecified atom stereocenters. The molecule has 7 nitrogen and oxygen atoms in total. The first kappa shape index (κ1) is 13.6. The van der Waals surface area contributed by atoms with Crippen LogP contribution in [0.2, 0.25) is 0 Å². The van der Waals surface area contributed by atoms with E-state index in [1.807, 2.05) is 6.92 Å². The highest BCUT2D eigenvalue weighted by atomic mass is 16.5. The van der Waals surface area contributed by atoms with E-state index in [4.69, 9.17) is 4.74 Å². The van der Waals surface area contributed by atoms with Crippen molar-refractivity contribution >= 4 is 5.91 Å². The van der Waals surface area contributed by atoms with Gasteiger partial charge in [-0.2, -0.15) is 5.10 Å². The molecular formula is C10H19N5O2. The van der Waals surface area contributed by atoms with E-state index in [-0.39, 0.29) is 12.5 Å². The van der Waals surface area contributed by atoms with E-state index in [1.165, 1.54) is 6.33 Å². The van der Waals surface area contributed by atoms with Crippen molar-refractivity contribution in [1.82, 2.24) is 25.4 Å². The number of methoxy groups -OCH3 is 1. The number of ether oxygens (including phenoxy) is 1. The summed E-state index contributed by atoms with van der Waals surface area (Å²) >= 11 is 0. The number of amides is 1. The van der Waals surface area contributed by atoms with Gasteiger partial charge in [-0.15, -0.1) is 0 Å². The zero-order valence-corrected chi connectivity index (χ0v) is 10.3. The van der Waals surface area contributed by atoms with Crippen LogP contribution >= 0.6 is 0 Å². The van der Waals surface area contributed by atoms with Gasteiger partial charge in [0.1, 0.15) is 12.2 Å². The first-order valence-corrected chi connectivity index (χ1v) is 5.61. The third-order valence-corrected chi connectivity index (χ3v) is 2.19. The van der Waals surface area contributed by atoms with Crippen molar-refractivity contribution in [3.05, 3.63) is 12.2 Å². The van der Waals surface area contributed by atoms with Crippen LogP contribution in [-0.2, 0) is 22.6 Å². The van der Waals surface area contributed by atoms with Crippen LogP contribution in [0.5, 0.6) is 0 Å². The summed E-state index contributed by atoms with van der Waals surface area (Å²) in [7, 11) is 1.60. The number of aryl methyl sites for hydroxylation is 1. The van der Waals surface area contributed by atoms with Crippen molar-refractivity contribution < 1.29 is 9.53 Å². The highest BCUT2D eigenvalue weighted by molar-refractivity contribution is 5.77. The van der Waals surface area contributed by atoms with E-state index >= 15 is 0 Å². The van der Waals surface area contributed by atoms with Crippen LogP contribution < -0.4 is 10.6 Å². The number of nitrogens with zero attached hydrogens (tertiary/aromatic N) is 3. The van der Waals surface area contributed by atoms with Gasteiger partial charge in [0.15, 0.2) is 0 Å². The highest BCUT2D eigenvalue weighted by Gasteiger charge is 2.03. The van der Waals surface area contributed by atoms with E-state index in [9.17, 15) is 4.79 Å². The van der Waals surface area contributed by atoms with Crippen LogP contribution in [0.1, 0.15) is 12.7 Å². The van der Waals surface area contributed by atoms with Crippen molar-refractivity contribution in [2.24, 2.45) is 0 Å². The molecule has 1 amide bonds. The number of hydrogen-bond acceptors (Lipinski definition) is 5. The van der Waals surface area contributed by atoms with Crippen molar-refractivity contribution in [2.45, 2.75) is 20.0 Å². The Kier molecular flexibility index (Phi) is 6.19. The van der Waals surface area contributed by atoms with E-state index in [0.717, 1.165) is 12.4 Å². The molecule has 0 saturated heterocycles. The minimum atomic E-state index is -0.0513. The molecule has 0 aliphatic rings. The molecule has 0 aromatic carbocycles. The number of nitrogens with one attached hydrogen (secondary N) is 2. The fourth-order valence-corrected chi connectivity index (χ4v) is 1.33. The molecular weight excluding hydrogens is 222 g/mol. The maximum atomic E-state index is 11.3. The molecule has 1 rings (SSSR count). The zero-order valence-electron chi connectivity index (χ0n) is 10.3. The lowest BCUT2D eigenvalue weighted by atomic mass is 10.5. The summed E-state index contributed by atoms with van der Waals surface area (Å²) in [6, 6.07) is 0. The molecule has 0 spiro atoms. The van der Waals surface area contributed by atoms with Gasteiger partial charge < -0.3 is 15.4 Å². The fraction of sp³-hybridized carbons (Fsp3) is 0.700. The molecule has 7 heteroatoms. The second kappa shape index (κ2) is 7.75. The molecule has 1 aromatic rings. The Hall–Kier alpha value is -1.47. The Bertz CT molecular complexity index is 339. The molecule has 0 radical (unpaired) electrons. The molecule has 0 aliphatic heterocycles. The maximum absolute atomic E-state index is 11.3. The van der Waals surface area contributed by atoms with Gasteiger partial charge in [-0.1, -0.05) is 0 Å². The van der Waals surface area contributed by atoms with Gasteiger partial charge in [0, 0.05) is 20.2 Å². The topological polar surface area (TPSA) is 81.1 Å². The summed E-state index contributed by atoms with van der Waals surface area (Å²) in [6.45, 7) is 4.62. The summed E-state index contributed by atoms with van der Waals surface area (Å²) in [4.78, 5) is 15.4. The van der Waals surface area contributed by atoms with Crippen molar-refractivity contribution in [3.8, 4) is 0 Å². The summed E-state index contributed by atoms with van der Waals surface area (Å²) in [6.07, 6.45) is 1.51. The molecule has 0 saturated carbocycles. The van der Waals surface area contributed by atoms with E-state index in [1.54, 1.807) is 11.8 Å². The summed E-state index contributed by atoms with van der Waals surface area (Å²) in [5.74, 6) is 0.779. The predicted octanol–water partition coefficient (Wildman–Crippen LogP) is -0.850. The fourth-order valence-electron chi connectivity index (χ4n) is 1.33. The van der Waals surface area contributed by atoms with Crippen LogP contribution in [-0.4, -0.2) is 47.5 Å². The van der Waals surface area contributed by atoms with E-state index in [2.05, 4.69) is 20.7 Å². The van der Waals surface area contributed by atoms with Gasteiger partial charge in [0.05, 0.1) is 19.7 Å². The lowest BCUT2D eigenvalue weighted by molar-refractivity contribution is -0.120. The Morgan fingerprint density at radius 3 is 3.12 bits per heavy atom. The minimum Gasteiger partial charge on any atom is -0.383 e. The Morgan fingerprint density at radius 1 is 1.59 bits per heavy atom. The molecule has 0 fully saturated rings. The predicted molar refractivity (Wildman–Crippen MR) is 62.3 cm³/mol. The number of carbonyl (C=O) groups is 1. The third-order valence-electron chi connectivity index (χ3n) is 2.19. The molecule has 1 aromatic heterocycles. The Labute approximate surface area is 101 Å². The van der Waals surface area contributed by atoms with E-state index < -0.39 is 0 Å².